The maximum Gasteiger partial charge on any atom is 0.226 e. The molecule has 19 heteroatoms. The average molecular weight is 644 g/mol. The summed E-state index contributed by atoms with van der Waals surface area (Å²) in [7, 11) is -2.52. The smallest absolute Gasteiger partial charge is 0.226 e. The Morgan fingerprint density at radius 1 is 1.14 bits per heavy atom. The van der Waals surface area contributed by atoms with Crippen LogP contribution >= 0.6 is 0 Å². The summed E-state index contributed by atoms with van der Waals surface area (Å²) in [5, 5.41) is 64.0. The van der Waals surface area contributed by atoms with Crippen LogP contribution in [0.5, 0.6) is 0 Å². The van der Waals surface area contributed by atoms with Crippen molar-refractivity contribution in [3.8, 4) is 0 Å². The molecule has 1 unspecified atom stereocenters. The van der Waals surface area contributed by atoms with Crippen molar-refractivity contribution >= 4 is 10.0 Å². The molecule has 0 radical (unpaired) electrons. The molecule has 16 N–H and O–H groups in total. The van der Waals surface area contributed by atoms with Crippen LogP contribution < -0.4 is 38.3 Å². The number of aliphatic hydroxyl groups excluding tert-OH is 4. The molecular weight excluding hydrogens is 594 g/mol. The van der Waals surface area contributed by atoms with Crippen LogP contribution in [0.15, 0.2) is 11.8 Å². The van der Waals surface area contributed by atoms with E-state index in [1.54, 1.807) is 13.1 Å². The van der Waals surface area contributed by atoms with Gasteiger partial charge >= 0.3 is 0 Å². The van der Waals surface area contributed by atoms with Gasteiger partial charge in [0.2, 0.25) is 16.3 Å². The number of sulfonamides is 1. The Balaban J connectivity index is 1.76. The zero-order valence-electron chi connectivity index (χ0n) is 24.4. The van der Waals surface area contributed by atoms with Gasteiger partial charge in [0, 0.05) is 25.2 Å². The lowest BCUT2D eigenvalue weighted by molar-refractivity contribution is -0.304. The number of hydrogen-bond donors (Lipinski definition) is 12. The summed E-state index contributed by atoms with van der Waals surface area (Å²) in [4.78, 5) is 0. The molecule has 0 aromatic heterocycles. The maximum absolute atomic E-state index is 11.7. The third-order valence-electron chi connectivity index (χ3n) is 7.87. The van der Waals surface area contributed by atoms with E-state index in [0.717, 1.165) is 0 Å². The second-order valence-corrected chi connectivity index (χ2v) is 13.3. The highest BCUT2D eigenvalue weighted by Gasteiger charge is 2.51. The van der Waals surface area contributed by atoms with Gasteiger partial charge in [-0.15, -0.1) is 0 Å². The van der Waals surface area contributed by atoms with E-state index in [1.165, 1.54) is 6.92 Å². The van der Waals surface area contributed by atoms with Gasteiger partial charge in [-0.3, -0.25) is 0 Å². The van der Waals surface area contributed by atoms with Crippen molar-refractivity contribution in [2.24, 2.45) is 22.3 Å². The molecule has 18 nitrogen and oxygen atoms in total. The largest absolute Gasteiger partial charge is 0.467 e. The van der Waals surface area contributed by atoms with Gasteiger partial charge in [-0.2, -0.15) is 0 Å². The number of ether oxygens (including phenoxy) is 4. The highest BCUT2D eigenvalue weighted by molar-refractivity contribution is 7.89. The van der Waals surface area contributed by atoms with Gasteiger partial charge in [0.15, 0.2) is 6.29 Å². The lowest BCUT2D eigenvalue weighted by atomic mass is 9.83. The van der Waals surface area contributed by atoms with E-state index in [4.69, 9.17) is 46.4 Å². The normalized spacial score (nSPS) is 40.4. The van der Waals surface area contributed by atoms with E-state index >= 15 is 0 Å². The molecule has 252 valence electrons. The van der Waals surface area contributed by atoms with Crippen molar-refractivity contribution in [3.05, 3.63) is 11.8 Å². The average Bonchev–Trinajstić information content (AvgIpc) is 2.93. The van der Waals surface area contributed by atoms with Crippen LogP contribution in [0.25, 0.3) is 0 Å². The maximum atomic E-state index is 11.7. The molecule has 2 heterocycles. The molecule has 3 rings (SSSR count). The zero-order valence-corrected chi connectivity index (χ0v) is 25.2. The van der Waals surface area contributed by atoms with Crippen molar-refractivity contribution in [1.82, 2.24) is 16.0 Å². The van der Waals surface area contributed by atoms with Crippen molar-refractivity contribution in [3.63, 3.8) is 0 Å². The van der Waals surface area contributed by atoms with Crippen LogP contribution in [0.3, 0.4) is 0 Å². The van der Waals surface area contributed by atoms with Crippen molar-refractivity contribution < 1.29 is 52.9 Å². The van der Waals surface area contributed by atoms with Gasteiger partial charge in [-0.25, -0.2) is 13.6 Å². The van der Waals surface area contributed by atoms with E-state index in [0.29, 0.717) is 12.2 Å². The van der Waals surface area contributed by atoms with Crippen LogP contribution in [-0.4, -0.2) is 152 Å². The number of nitrogens with one attached hydrogen (secondary N) is 3. The predicted octanol–water partition coefficient (Wildman–Crippen LogP) is -6.66. The van der Waals surface area contributed by atoms with Gasteiger partial charge in [0.05, 0.1) is 37.9 Å². The number of hydrogen-bond acceptors (Lipinski definition) is 17. The summed E-state index contributed by atoms with van der Waals surface area (Å²) in [5.74, 6) is 0.476. The van der Waals surface area contributed by atoms with Crippen LogP contribution in [0.4, 0.5) is 0 Å². The van der Waals surface area contributed by atoms with Gasteiger partial charge in [-0.05, 0) is 32.9 Å². The number of rotatable bonds is 14. The fraction of sp³-hybridized carbons (Fsp3) is 0.917. The lowest BCUT2D eigenvalue weighted by Gasteiger charge is -2.49. The molecule has 43 heavy (non-hydrogen) atoms. The molecule has 3 aliphatic rings. The number of likely N-dealkylation sites (N-methyl/N-ethyl adjacent to an activating group) is 1. The Hall–Kier alpha value is -1.11. The highest BCUT2D eigenvalue weighted by Crippen LogP contribution is 2.32. The van der Waals surface area contributed by atoms with Crippen molar-refractivity contribution in [2.75, 3.05) is 39.9 Å². The summed E-state index contributed by atoms with van der Waals surface area (Å²) in [6, 6.07) is -3.06. The van der Waals surface area contributed by atoms with E-state index in [2.05, 4.69) is 16.0 Å². The van der Waals surface area contributed by atoms with Gasteiger partial charge < -0.3 is 77.6 Å². The SMILES string of the molecule is CN[C@@H]1[C@@H](O)[C@@H](O[C@@H]2[C@@H](O)[C@H](O[C@H]3OC(CNC[C@@H](O)CO)=CC[C@H]3N)[C@@H](N)C[C@H]2NCC(N)S(N)(=O)=O)OC[C@]1(C)O. The third-order valence-corrected chi connectivity index (χ3v) is 8.88. The Kier molecular flexibility index (Phi) is 13.1. The first kappa shape index (κ1) is 36.4. The van der Waals surface area contributed by atoms with E-state index in [-0.39, 0.29) is 32.7 Å². The molecule has 2 fully saturated rings. The minimum atomic E-state index is -4.07. The van der Waals surface area contributed by atoms with Crippen molar-refractivity contribution in [2.45, 2.75) is 98.0 Å². The zero-order chi connectivity index (χ0) is 32.1. The molecule has 1 saturated carbocycles. The monoisotopic (exact) mass is 643 g/mol. The van der Waals surface area contributed by atoms with E-state index < -0.39 is 94.9 Å². The van der Waals surface area contributed by atoms with Crippen molar-refractivity contribution in [1.29, 1.82) is 0 Å². The molecule has 0 spiro atoms. The second-order valence-electron chi connectivity index (χ2n) is 11.6. The minimum Gasteiger partial charge on any atom is -0.467 e. The summed E-state index contributed by atoms with van der Waals surface area (Å²) >= 11 is 0. The van der Waals surface area contributed by atoms with Crippen LogP contribution in [0, 0.1) is 0 Å². The lowest BCUT2D eigenvalue weighted by Crippen LogP contribution is -2.69. The summed E-state index contributed by atoms with van der Waals surface area (Å²) in [6.45, 7) is 0.955. The molecule has 0 aromatic carbocycles. The molecule has 13 atom stereocenters. The molecular formula is C24H49N7O11S. The molecule has 0 aromatic rings. The van der Waals surface area contributed by atoms with E-state index in [9.17, 15) is 28.8 Å². The van der Waals surface area contributed by atoms with Gasteiger partial charge in [0.1, 0.15) is 41.1 Å². The molecule has 1 saturated heterocycles. The van der Waals surface area contributed by atoms with Crippen LogP contribution in [0.2, 0.25) is 0 Å². The Bertz CT molecular complexity index is 1030. The summed E-state index contributed by atoms with van der Waals surface area (Å²) in [5.41, 5.74) is 16.9. The summed E-state index contributed by atoms with van der Waals surface area (Å²) < 4.78 is 47.1. The van der Waals surface area contributed by atoms with Gasteiger partial charge in [0.25, 0.3) is 0 Å². The number of nitrogens with two attached hydrogens (primary N) is 4. The second kappa shape index (κ2) is 15.5. The fourth-order valence-electron chi connectivity index (χ4n) is 5.39. The topological polar surface area (TPSA) is 312 Å². The van der Waals surface area contributed by atoms with Crippen LogP contribution in [-0.2, 0) is 29.0 Å². The van der Waals surface area contributed by atoms with E-state index in [1.807, 2.05) is 0 Å². The first-order valence-electron chi connectivity index (χ1n) is 14.1. The molecule has 1 aliphatic carbocycles. The summed E-state index contributed by atoms with van der Waals surface area (Å²) in [6.07, 6.45) is -6.08. The quantitative estimate of drug-likeness (QED) is 0.0836. The van der Waals surface area contributed by atoms with Crippen LogP contribution in [0.1, 0.15) is 19.8 Å². The van der Waals surface area contributed by atoms with Gasteiger partial charge in [-0.1, -0.05) is 0 Å². The third kappa shape index (κ3) is 9.45. The molecule has 0 bridgehead atoms. The molecule has 2 aliphatic heterocycles. The Labute approximate surface area is 251 Å². The Morgan fingerprint density at radius 3 is 2.44 bits per heavy atom. The standard InChI is InChI=1S/C24H49N7O11S/c1-24(36)10-39-23(18(35)21(24)29-2)42-20-15(31-8-16(27)43(28,37)38)5-14(26)19(17(20)34)41-22-13(25)4-3-12(40-22)7-30-6-11(33)9-32/h3,11,13-23,29-36H,4-10,25-27H2,1-2H3,(H2,28,37,38)/t11-,13-,14+,15-,16?,17+,18-,19-,20+,21-,22-,23-,24+/m1/s1. The number of primary sulfonamides is 1. The highest BCUT2D eigenvalue weighted by atomic mass is 32.2. The fourth-order valence-corrected chi connectivity index (χ4v) is 5.72. The first-order chi connectivity index (χ1) is 20.1. The Morgan fingerprint density at radius 2 is 1.81 bits per heavy atom. The first-order valence-corrected chi connectivity index (χ1v) is 15.7. The number of aliphatic hydroxyl groups is 5. The molecule has 0 amide bonds. The minimum absolute atomic E-state index is 0.102. The predicted molar refractivity (Wildman–Crippen MR) is 152 cm³/mol.